The van der Waals surface area contributed by atoms with Crippen LogP contribution in [0.4, 0.5) is 32.0 Å². The van der Waals surface area contributed by atoms with Crippen LogP contribution in [0, 0.1) is 6.92 Å². The number of benzene rings is 1. The first-order valence-electron chi connectivity index (χ1n) is 8.04. The van der Waals surface area contributed by atoms with E-state index in [2.05, 4.69) is 9.97 Å². The second-order valence-corrected chi connectivity index (χ2v) is 6.78. The number of nitrogens with zero attached hydrogens (tertiary/aromatic N) is 1. The van der Waals surface area contributed by atoms with Gasteiger partial charge < -0.3 is 10.3 Å². The van der Waals surface area contributed by atoms with E-state index in [0.29, 0.717) is 23.0 Å². The zero-order chi connectivity index (χ0) is 22.0. The maximum absolute atomic E-state index is 12.9. The maximum Gasteiger partial charge on any atom is 0.416 e. The number of aromatic amines is 1. The van der Waals surface area contributed by atoms with Crippen LogP contribution in [0.15, 0.2) is 28.2 Å². The summed E-state index contributed by atoms with van der Waals surface area (Å²) in [5.41, 5.74) is -3.59. The van der Waals surface area contributed by atoms with Crippen molar-refractivity contribution in [2.75, 3.05) is 11.6 Å². The van der Waals surface area contributed by atoms with Crippen LogP contribution in [-0.4, -0.2) is 22.1 Å². The molecule has 1 heterocycles. The third-order valence-corrected chi connectivity index (χ3v) is 4.45. The number of rotatable bonds is 5. The molecular formula is C17H15F6N3O2S. The van der Waals surface area contributed by atoms with Gasteiger partial charge in [-0.25, -0.2) is 4.98 Å². The molecule has 0 aliphatic heterocycles. The Hall–Kier alpha value is -2.50. The third-order valence-electron chi connectivity index (χ3n) is 3.87. The van der Waals surface area contributed by atoms with Gasteiger partial charge in [-0.1, -0.05) is 11.8 Å². The van der Waals surface area contributed by atoms with Gasteiger partial charge in [0, 0.05) is 23.4 Å². The van der Waals surface area contributed by atoms with Gasteiger partial charge in [-0.05, 0) is 37.8 Å². The standard InChI is InChI=1S/C17H15F6N3O2S/c1-8-12(14(28)26-15(24-8)29-2)3-4-13(27)25-11-6-9(16(18,19)20)5-10(7-11)17(21,22)23/h5-7H,3-4H2,1-2H3,(H,25,27)(H,24,26,28). The van der Waals surface area contributed by atoms with Crippen molar-refractivity contribution in [2.24, 2.45) is 0 Å². The normalized spacial score (nSPS) is 12.1. The number of amides is 1. The molecule has 158 valence electrons. The first-order chi connectivity index (χ1) is 13.3. The highest BCUT2D eigenvalue weighted by atomic mass is 32.2. The van der Waals surface area contributed by atoms with Crippen molar-refractivity contribution in [1.82, 2.24) is 9.97 Å². The Morgan fingerprint density at radius 3 is 2.10 bits per heavy atom. The molecular weight excluding hydrogens is 424 g/mol. The van der Waals surface area contributed by atoms with Gasteiger partial charge in [0.15, 0.2) is 5.16 Å². The van der Waals surface area contributed by atoms with E-state index in [0.717, 1.165) is 0 Å². The van der Waals surface area contributed by atoms with Crippen LogP contribution in [0.3, 0.4) is 0 Å². The number of aryl methyl sites for hydroxylation is 1. The molecule has 0 saturated carbocycles. The molecule has 1 aromatic heterocycles. The number of thioether (sulfide) groups is 1. The highest BCUT2D eigenvalue weighted by Crippen LogP contribution is 2.37. The first-order valence-corrected chi connectivity index (χ1v) is 9.27. The summed E-state index contributed by atoms with van der Waals surface area (Å²) in [4.78, 5) is 30.7. The summed E-state index contributed by atoms with van der Waals surface area (Å²) in [5.74, 6) is -0.842. The minimum absolute atomic E-state index is 0.0302. The van der Waals surface area contributed by atoms with Crippen molar-refractivity contribution >= 4 is 23.4 Å². The lowest BCUT2D eigenvalue weighted by atomic mass is 10.1. The zero-order valence-electron chi connectivity index (χ0n) is 15.1. The van der Waals surface area contributed by atoms with Gasteiger partial charge in [0.05, 0.1) is 11.1 Å². The van der Waals surface area contributed by atoms with Gasteiger partial charge in [0.2, 0.25) is 5.91 Å². The van der Waals surface area contributed by atoms with Gasteiger partial charge in [-0.3, -0.25) is 9.59 Å². The summed E-state index contributed by atoms with van der Waals surface area (Å²) in [5, 5.41) is 2.40. The number of halogens is 6. The summed E-state index contributed by atoms with van der Waals surface area (Å²) in [6.07, 6.45) is -8.75. The number of hydrogen-bond donors (Lipinski definition) is 2. The van der Waals surface area contributed by atoms with Crippen molar-refractivity contribution < 1.29 is 31.1 Å². The molecule has 12 heteroatoms. The van der Waals surface area contributed by atoms with Crippen LogP contribution in [0.1, 0.15) is 28.8 Å². The van der Waals surface area contributed by atoms with Crippen LogP contribution in [0.2, 0.25) is 0 Å². The Labute approximate surface area is 164 Å². The Balaban J connectivity index is 2.20. The minimum atomic E-state index is -5.02. The Bertz CT molecular complexity index is 937. The van der Waals surface area contributed by atoms with E-state index in [4.69, 9.17) is 0 Å². The molecule has 2 aromatic rings. The lowest BCUT2D eigenvalue weighted by Crippen LogP contribution is -2.20. The SMILES string of the molecule is CSc1nc(C)c(CCC(=O)Nc2cc(C(F)(F)F)cc(C(F)(F)F)c2)c(=O)[nH]1. The highest BCUT2D eigenvalue weighted by Gasteiger charge is 2.37. The molecule has 0 atom stereocenters. The van der Waals surface area contributed by atoms with Crippen molar-refractivity contribution in [3.8, 4) is 0 Å². The van der Waals surface area contributed by atoms with E-state index in [1.54, 1.807) is 13.2 Å². The minimum Gasteiger partial charge on any atom is -0.326 e. The van der Waals surface area contributed by atoms with Crippen LogP contribution in [0.5, 0.6) is 0 Å². The lowest BCUT2D eigenvalue weighted by molar-refractivity contribution is -0.143. The number of H-pyrrole nitrogens is 1. The molecule has 0 radical (unpaired) electrons. The van der Waals surface area contributed by atoms with E-state index in [-0.39, 0.29) is 24.5 Å². The van der Waals surface area contributed by atoms with Crippen molar-refractivity contribution in [3.05, 3.63) is 50.9 Å². The Kier molecular flexibility index (Phi) is 6.66. The maximum atomic E-state index is 12.9. The molecule has 0 bridgehead atoms. The molecule has 2 N–H and O–H groups in total. The summed E-state index contributed by atoms with van der Waals surface area (Å²) in [7, 11) is 0. The summed E-state index contributed by atoms with van der Waals surface area (Å²) >= 11 is 1.21. The van der Waals surface area contributed by atoms with E-state index < -0.39 is 40.6 Å². The van der Waals surface area contributed by atoms with Gasteiger partial charge in [0.25, 0.3) is 5.56 Å². The number of carbonyl (C=O) groups excluding carboxylic acids is 1. The van der Waals surface area contributed by atoms with Crippen LogP contribution in [-0.2, 0) is 23.6 Å². The molecule has 1 aromatic carbocycles. The summed E-state index contributed by atoms with van der Waals surface area (Å²) in [6.45, 7) is 1.56. The largest absolute Gasteiger partial charge is 0.416 e. The average molecular weight is 439 g/mol. The van der Waals surface area contributed by atoms with E-state index in [1.165, 1.54) is 11.8 Å². The lowest BCUT2D eigenvalue weighted by Gasteiger charge is -2.15. The molecule has 0 fully saturated rings. The van der Waals surface area contributed by atoms with Gasteiger partial charge in [-0.2, -0.15) is 26.3 Å². The molecule has 2 rings (SSSR count). The molecule has 5 nitrogen and oxygen atoms in total. The second kappa shape index (κ2) is 8.47. The third kappa shape index (κ3) is 5.99. The number of alkyl halides is 6. The van der Waals surface area contributed by atoms with Gasteiger partial charge in [0.1, 0.15) is 0 Å². The molecule has 0 aliphatic rings. The molecule has 29 heavy (non-hydrogen) atoms. The van der Waals surface area contributed by atoms with Crippen molar-refractivity contribution in [1.29, 1.82) is 0 Å². The fraction of sp³-hybridized carbons (Fsp3) is 0.353. The van der Waals surface area contributed by atoms with Crippen molar-refractivity contribution in [2.45, 2.75) is 37.3 Å². The topological polar surface area (TPSA) is 74.8 Å². The molecule has 0 saturated heterocycles. The molecule has 0 spiro atoms. The Morgan fingerprint density at radius 2 is 1.66 bits per heavy atom. The second-order valence-electron chi connectivity index (χ2n) is 5.98. The monoisotopic (exact) mass is 439 g/mol. The van der Waals surface area contributed by atoms with Crippen LogP contribution >= 0.6 is 11.8 Å². The number of anilines is 1. The van der Waals surface area contributed by atoms with Crippen LogP contribution < -0.4 is 10.9 Å². The summed E-state index contributed by atoms with van der Waals surface area (Å²) < 4.78 is 77.2. The number of carbonyl (C=O) groups is 1. The van der Waals surface area contributed by atoms with Crippen molar-refractivity contribution in [3.63, 3.8) is 0 Å². The fourth-order valence-electron chi connectivity index (χ4n) is 2.46. The van der Waals surface area contributed by atoms with E-state index >= 15 is 0 Å². The van der Waals surface area contributed by atoms with E-state index in [1.807, 2.05) is 5.32 Å². The van der Waals surface area contributed by atoms with Gasteiger partial charge >= 0.3 is 12.4 Å². The quantitative estimate of drug-likeness (QED) is 0.411. The zero-order valence-corrected chi connectivity index (χ0v) is 15.9. The molecule has 1 amide bonds. The molecule has 0 unspecified atom stereocenters. The molecule has 0 aliphatic carbocycles. The average Bonchev–Trinajstić information content (AvgIpc) is 2.59. The summed E-state index contributed by atoms with van der Waals surface area (Å²) in [6, 6.07) is 0.803. The van der Waals surface area contributed by atoms with Crippen LogP contribution in [0.25, 0.3) is 0 Å². The number of aromatic nitrogens is 2. The smallest absolute Gasteiger partial charge is 0.326 e. The van der Waals surface area contributed by atoms with Gasteiger partial charge in [-0.15, -0.1) is 0 Å². The Morgan fingerprint density at radius 1 is 1.10 bits per heavy atom. The first kappa shape index (κ1) is 22.8. The fourth-order valence-corrected chi connectivity index (χ4v) is 2.89. The highest BCUT2D eigenvalue weighted by molar-refractivity contribution is 7.98. The number of nitrogens with one attached hydrogen (secondary N) is 2. The predicted octanol–water partition coefficient (Wildman–Crippen LogP) is 4.41. The van der Waals surface area contributed by atoms with E-state index in [9.17, 15) is 35.9 Å². The predicted molar refractivity (Wildman–Crippen MR) is 94.8 cm³/mol. The number of hydrogen-bond acceptors (Lipinski definition) is 4.